The summed E-state index contributed by atoms with van der Waals surface area (Å²) in [6.45, 7) is 0. The van der Waals surface area contributed by atoms with E-state index in [9.17, 15) is 13.2 Å². The van der Waals surface area contributed by atoms with E-state index < -0.39 is 23.1 Å². The van der Waals surface area contributed by atoms with Gasteiger partial charge in [0.15, 0.2) is 17.3 Å². The van der Waals surface area contributed by atoms with Crippen LogP contribution in [0.5, 0.6) is 0 Å². The van der Waals surface area contributed by atoms with Gasteiger partial charge in [-0.1, -0.05) is 32.1 Å². The molecule has 164 valence electrons. The van der Waals surface area contributed by atoms with Gasteiger partial charge in [-0.25, -0.2) is 23.1 Å². The van der Waals surface area contributed by atoms with Crippen LogP contribution in [0.15, 0.2) is 18.3 Å². The number of hydrogen-bond donors (Lipinski definition) is 2. The summed E-state index contributed by atoms with van der Waals surface area (Å²) in [7, 11) is 0. The molecule has 2 fully saturated rings. The lowest BCUT2D eigenvalue weighted by atomic mass is 9.96. The van der Waals surface area contributed by atoms with Crippen LogP contribution in [0.4, 0.5) is 30.8 Å². The van der Waals surface area contributed by atoms with Crippen LogP contribution in [0.1, 0.15) is 63.8 Å². The molecule has 0 amide bonds. The molecule has 1 aromatic carbocycles. The molecule has 2 aliphatic carbocycles. The number of aromatic nitrogens is 4. The van der Waals surface area contributed by atoms with Crippen LogP contribution in [-0.2, 0) is 0 Å². The topological polar surface area (TPSA) is 67.7 Å². The third kappa shape index (κ3) is 4.05. The lowest BCUT2D eigenvalue weighted by molar-refractivity contribution is 0.461. The number of nitrogens with zero attached hydrogens (tertiary/aromatic N) is 4. The molecule has 0 unspecified atom stereocenters. The minimum Gasteiger partial charge on any atom is -0.351 e. The first-order valence-corrected chi connectivity index (χ1v) is 11.0. The number of anilines is 3. The van der Waals surface area contributed by atoms with Crippen molar-refractivity contribution in [3.8, 4) is 0 Å². The summed E-state index contributed by atoms with van der Waals surface area (Å²) >= 11 is 0. The van der Waals surface area contributed by atoms with Crippen molar-refractivity contribution in [1.29, 1.82) is 0 Å². The zero-order valence-electron chi connectivity index (χ0n) is 17.2. The molecule has 9 heteroatoms. The molecule has 2 N–H and O–H groups in total. The molecule has 0 spiro atoms. The van der Waals surface area contributed by atoms with Gasteiger partial charge in [0.25, 0.3) is 0 Å². The predicted octanol–water partition coefficient (Wildman–Crippen LogP) is 5.85. The third-order valence-corrected chi connectivity index (χ3v) is 6.30. The zero-order chi connectivity index (χ0) is 21.4. The Bertz CT molecular complexity index is 1060. The normalized spacial score (nSPS) is 18.0. The highest BCUT2D eigenvalue weighted by Gasteiger charge is 2.26. The van der Waals surface area contributed by atoms with Gasteiger partial charge in [0, 0.05) is 24.2 Å². The van der Waals surface area contributed by atoms with Crippen LogP contribution in [0.2, 0.25) is 0 Å². The SMILES string of the molecule is Fc1cc(F)c(Nc2nc3cnc(NC4CCCCC4)nc3n2C2CCCC2)c(F)c1. The van der Waals surface area contributed by atoms with E-state index in [0.29, 0.717) is 35.3 Å². The number of benzene rings is 1. The minimum absolute atomic E-state index is 0.122. The summed E-state index contributed by atoms with van der Waals surface area (Å²) in [5, 5.41) is 6.18. The second-order valence-corrected chi connectivity index (χ2v) is 8.49. The molecule has 5 rings (SSSR count). The fraction of sp³-hybridized carbons (Fsp3) is 0.500. The zero-order valence-corrected chi connectivity index (χ0v) is 17.2. The first-order valence-electron chi connectivity index (χ1n) is 11.0. The van der Waals surface area contributed by atoms with Crippen LogP contribution >= 0.6 is 0 Å². The van der Waals surface area contributed by atoms with Crippen molar-refractivity contribution in [3.05, 3.63) is 35.8 Å². The summed E-state index contributed by atoms with van der Waals surface area (Å²) < 4.78 is 43.8. The minimum atomic E-state index is -1.01. The summed E-state index contributed by atoms with van der Waals surface area (Å²) in [5.41, 5.74) is 0.752. The second-order valence-electron chi connectivity index (χ2n) is 8.49. The highest BCUT2D eigenvalue weighted by Crippen LogP contribution is 2.36. The molecule has 3 aromatic rings. The first-order chi connectivity index (χ1) is 15.1. The van der Waals surface area contributed by atoms with E-state index in [1.54, 1.807) is 6.20 Å². The standard InChI is InChI=1S/C22H25F3N6/c23-13-10-16(24)19(17(25)11-13)29-22-28-18-12-26-21(27-14-6-2-1-3-7-14)30-20(18)31(22)15-8-4-5-9-15/h10-12,14-15H,1-9H2,(H,28,29)(H,26,27,30). The Kier molecular flexibility index (Phi) is 5.41. The van der Waals surface area contributed by atoms with E-state index >= 15 is 0 Å². The first kappa shape index (κ1) is 20.1. The Morgan fingerprint density at radius 1 is 0.871 bits per heavy atom. The number of fused-ring (bicyclic) bond motifs is 1. The Hall–Kier alpha value is -2.84. The van der Waals surface area contributed by atoms with Gasteiger partial charge >= 0.3 is 0 Å². The van der Waals surface area contributed by atoms with Gasteiger partial charge in [0.05, 0.1) is 6.20 Å². The molecule has 0 bridgehead atoms. The molecule has 0 radical (unpaired) electrons. The summed E-state index contributed by atoms with van der Waals surface area (Å²) in [6, 6.07) is 1.78. The van der Waals surface area contributed by atoms with E-state index in [1.165, 1.54) is 19.3 Å². The van der Waals surface area contributed by atoms with Crippen LogP contribution < -0.4 is 10.6 Å². The average molecular weight is 430 g/mol. The van der Waals surface area contributed by atoms with Crippen molar-refractivity contribution >= 4 is 28.7 Å². The quantitative estimate of drug-likeness (QED) is 0.532. The van der Waals surface area contributed by atoms with Crippen molar-refractivity contribution in [1.82, 2.24) is 19.5 Å². The van der Waals surface area contributed by atoms with Gasteiger partial charge in [-0.2, -0.15) is 4.98 Å². The average Bonchev–Trinajstić information content (AvgIpc) is 3.38. The van der Waals surface area contributed by atoms with Crippen molar-refractivity contribution in [2.45, 2.75) is 69.9 Å². The molecule has 2 saturated carbocycles. The van der Waals surface area contributed by atoms with Gasteiger partial charge in [-0.15, -0.1) is 0 Å². The molecule has 0 atom stereocenters. The smallest absolute Gasteiger partial charge is 0.224 e. The summed E-state index contributed by atoms with van der Waals surface area (Å²) in [5.74, 6) is -2.14. The van der Waals surface area contributed by atoms with Gasteiger partial charge in [0.1, 0.15) is 17.0 Å². The summed E-state index contributed by atoms with van der Waals surface area (Å²) in [6.07, 6.45) is 11.5. The number of hydrogen-bond acceptors (Lipinski definition) is 5. The van der Waals surface area contributed by atoms with Crippen LogP contribution in [0, 0.1) is 17.5 Å². The fourth-order valence-corrected chi connectivity index (χ4v) is 4.76. The molecule has 2 aromatic heterocycles. The lowest BCUT2D eigenvalue weighted by Crippen LogP contribution is -2.23. The molecule has 2 aliphatic rings. The van der Waals surface area contributed by atoms with Gasteiger partial charge in [-0.3, -0.25) is 4.57 Å². The second kappa shape index (κ2) is 8.36. The maximum Gasteiger partial charge on any atom is 0.224 e. The van der Waals surface area contributed by atoms with E-state index in [0.717, 1.165) is 38.5 Å². The monoisotopic (exact) mass is 430 g/mol. The largest absolute Gasteiger partial charge is 0.351 e. The highest BCUT2D eigenvalue weighted by molar-refractivity contribution is 5.76. The van der Waals surface area contributed by atoms with Crippen molar-refractivity contribution < 1.29 is 13.2 Å². The van der Waals surface area contributed by atoms with Gasteiger partial charge in [0.2, 0.25) is 11.9 Å². The van der Waals surface area contributed by atoms with Gasteiger partial charge < -0.3 is 10.6 Å². The van der Waals surface area contributed by atoms with Crippen LogP contribution in [0.25, 0.3) is 11.2 Å². The molecule has 0 saturated heterocycles. The van der Waals surface area contributed by atoms with Crippen LogP contribution in [-0.4, -0.2) is 25.6 Å². The Balaban J connectivity index is 1.53. The van der Waals surface area contributed by atoms with E-state index in [2.05, 4.69) is 20.6 Å². The molecule has 2 heterocycles. The van der Waals surface area contributed by atoms with Crippen molar-refractivity contribution in [3.63, 3.8) is 0 Å². The number of halogens is 3. The van der Waals surface area contributed by atoms with Crippen LogP contribution in [0.3, 0.4) is 0 Å². The molecule has 31 heavy (non-hydrogen) atoms. The molecular formula is C22H25F3N6. The highest BCUT2D eigenvalue weighted by atomic mass is 19.1. The maximum absolute atomic E-state index is 14.3. The number of nitrogens with one attached hydrogen (secondary N) is 2. The molecule has 0 aliphatic heterocycles. The molecular weight excluding hydrogens is 405 g/mol. The predicted molar refractivity (Wildman–Crippen MR) is 113 cm³/mol. The third-order valence-electron chi connectivity index (χ3n) is 6.30. The van der Waals surface area contributed by atoms with Crippen molar-refractivity contribution in [2.24, 2.45) is 0 Å². The Morgan fingerprint density at radius 3 is 2.26 bits per heavy atom. The number of rotatable bonds is 5. The maximum atomic E-state index is 14.3. The summed E-state index contributed by atoms with van der Waals surface area (Å²) in [4.78, 5) is 13.7. The lowest BCUT2D eigenvalue weighted by Gasteiger charge is -2.22. The van der Waals surface area contributed by atoms with E-state index in [-0.39, 0.29) is 12.0 Å². The van der Waals surface area contributed by atoms with E-state index in [1.807, 2.05) is 4.57 Å². The number of imidazole rings is 1. The Morgan fingerprint density at radius 2 is 1.55 bits per heavy atom. The van der Waals surface area contributed by atoms with Gasteiger partial charge in [-0.05, 0) is 25.7 Å². The fourth-order valence-electron chi connectivity index (χ4n) is 4.76. The van der Waals surface area contributed by atoms with E-state index in [4.69, 9.17) is 4.98 Å². The van der Waals surface area contributed by atoms with Crippen molar-refractivity contribution in [2.75, 3.05) is 10.6 Å². The Labute approximate surface area is 178 Å². The molecule has 6 nitrogen and oxygen atoms in total.